The highest BCUT2D eigenvalue weighted by Gasteiger charge is 2.09. The molecule has 0 heterocycles. The Morgan fingerprint density at radius 2 is 1.18 bits per heavy atom. The summed E-state index contributed by atoms with van der Waals surface area (Å²) in [6.45, 7) is 5.88. The number of hydrogen-bond acceptors (Lipinski definition) is 1. The first-order valence-electron chi connectivity index (χ1n) is 7.85. The van der Waals surface area contributed by atoms with Gasteiger partial charge in [-0.1, -0.05) is 65.2 Å². The Morgan fingerprint density at radius 3 is 1.71 bits per heavy atom. The van der Waals surface area contributed by atoms with E-state index in [1.54, 1.807) is 0 Å². The summed E-state index contributed by atoms with van der Waals surface area (Å²) >= 11 is 0. The van der Waals surface area contributed by atoms with Gasteiger partial charge < -0.3 is 4.90 Å². The van der Waals surface area contributed by atoms with Crippen molar-refractivity contribution in [3.63, 3.8) is 0 Å². The Hall–Kier alpha value is -0.0400. The smallest absolute Gasteiger partial charge is 0.000356 e. The highest BCUT2D eigenvalue weighted by Crippen LogP contribution is 2.18. The zero-order valence-corrected chi connectivity index (χ0v) is 12.8. The summed E-state index contributed by atoms with van der Waals surface area (Å²) in [6, 6.07) is 0. The molecule has 0 fully saturated rings. The van der Waals surface area contributed by atoms with Crippen molar-refractivity contribution in [1.29, 1.82) is 0 Å². The van der Waals surface area contributed by atoms with Crippen LogP contribution in [0.2, 0.25) is 0 Å². The zero-order valence-electron chi connectivity index (χ0n) is 12.8. The molecule has 104 valence electrons. The van der Waals surface area contributed by atoms with Crippen molar-refractivity contribution in [2.45, 2.75) is 78.1 Å². The molecule has 0 bridgehead atoms. The molecule has 0 aliphatic heterocycles. The molecule has 0 rings (SSSR count). The molecule has 17 heavy (non-hydrogen) atoms. The summed E-state index contributed by atoms with van der Waals surface area (Å²) in [5.74, 6) is 0.943. The summed E-state index contributed by atoms with van der Waals surface area (Å²) in [5, 5.41) is 0. The third-order valence-corrected chi connectivity index (χ3v) is 3.56. The molecule has 0 spiro atoms. The molecule has 0 N–H and O–H groups in total. The second-order valence-electron chi connectivity index (χ2n) is 5.83. The van der Waals surface area contributed by atoms with Crippen LogP contribution in [0.15, 0.2) is 0 Å². The van der Waals surface area contributed by atoms with Crippen LogP contribution in [0.25, 0.3) is 0 Å². The largest absolute Gasteiger partial charge is 0.309 e. The minimum absolute atomic E-state index is 0.943. The van der Waals surface area contributed by atoms with E-state index in [4.69, 9.17) is 0 Å². The molecule has 1 heteroatoms. The Morgan fingerprint density at radius 1 is 0.706 bits per heavy atom. The maximum Gasteiger partial charge on any atom is 0.000356 e. The molecular formula is C16H35N. The minimum Gasteiger partial charge on any atom is -0.309 e. The van der Waals surface area contributed by atoms with E-state index in [2.05, 4.69) is 32.8 Å². The maximum absolute atomic E-state index is 2.36. The fourth-order valence-corrected chi connectivity index (χ4v) is 2.56. The van der Waals surface area contributed by atoms with Gasteiger partial charge in [0.1, 0.15) is 0 Å². The van der Waals surface area contributed by atoms with Crippen molar-refractivity contribution in [1.82, 2.24) is 4.90 Å². The summed E-state index contributed by atoms with van der Waals surface area (Å²) in [4.78, 5) is 2.36. The molecule has 0 aliphatic carbocycles. The number of unbranched alkanes of at least 4 members (excludes halogenated alkanes) is 6. The molecule has 0 radical (unpaired) electrons. The van der Waals surface area contributed by atoms with Gasteiger partial charge in [-0.15, -0.1) is 0 Å². The van der Waals surface area contributed by atoms with Crippen molar-refractivity contribution in [2.75, 3.05) is 20.6 Å². The van der Waals surface area contributed by atoms with Crippen LogP contribution < -0.4 is 0 Å². The van der Waals surface area contributed by atoms with Gasteiger partial charge in [0.05, 0.1) is 0 Å². The van der Waals surface area contributed by atoms with Crippen LogP contribution in [0.1, 0.15) is 78.1 Å². The molecule has 0 aromatic heterocycles. The van der Waals surface area contributed by atoms with Crippen LogP contribution in [-0.4, -0.2) is 25.5 Å². The van der Waals surface area contributed by atoms with Gasteiger partial charge in [-0.25, -0.2) is 0 Å². The monoisotopic (exact) mass is 241 g/mol. The predicted octanol–water partition coefficient (Wildman–Crippen LogP) is 5.11. The van der Waals surface area contributed by atoms with Gasteiger partial charge in [0.2, 0.25) is 0 Å². The van der Waals surface area contributed by atoms with E-state index in [9.17, 15) is 0 Å². The molecule has 0 saturated heterocycles. The normalized spacial score (nSPS) is 13.2. The summed E-state index contributed by atoms with van der Waals surface area (Å²) in [7, 11) is 4.42. The third kappa shape index (κ3) is 12.2. The summed E-state index contributed by atoms with van der Waals surface area (Å²) in [6.07, 6.45) is 14.2. The quantitative estimate of drug-likeness (QED) is 0.429. The summed E-state index contributed by atoms with van der Waals surface area (Å²) < 4.78 is 0. The highest BCUT2D eigenvalue weighted by atomic mass is 15.1. The lowest BCUT2D eigenvalue weighted by Gasteiger charge is -2.21. The van der Waals surface area contributed by atoms with Crippen LogP contribution in [-0.2, 0) is 0 Å². The van der Waals surface area contributed by atoms with Gasteiger partial charge in [0, 0.05) is 6.54 Å². The molecule has 1 unspecified atom stereocenters. The molecule has 0 saturated carbocycles. The molecule has 0 aliphatic rings. The first-order valence-corrected chi connectivity index (χ1v) is 7.85. The molecule has 1 nitrogen and oxygen atoms in total. The Kier molecular flexibility index (Phi) is 12.4. The van der Waals surface area contributed by atoms with Gasteiger partial charge in [0.25, 0.3) is 0 Å². The van der Waals surface area contributed by atoms with E-state index >= 15 is 0 Å². The van der Waals surface area contributed by atoms with Crippen molar-refractivity contribution in [2.24, 2.45) is 5.92 Å². The second-order valence-corrected chi connectivity index (χ2v) is 5.83. The van der Waals surface area contributed by atoms with Crippen LogP contribution in [0, 0.1) is 5.92 Å². The fourth-order valence-electron chi connectivity index (χ4n) is 2.56. The first kappa shape index (κ1) is 17.0. The van der Waals surface area contributed by atoms with Crippen molar-refractivity contribution >= 4 is 0 Å². The maximum atomic E-state index is 2.36. The van der Waals surface area contributed by atoms with E-state index in [1.807, 2.05) is 0 Å². The lowest BCUT2D eigenvalue weighted by Crippen LogP contribution is -2.21. The molecular weight excluding hydrogens is 206 g/mol. The summed E-state index contributed by atoms with van der Waals surface area (Å²) in [5.41, 5.74) is 0. The second kappa shape index (κ2) is 12.4. The van der Waals surface area contributed by atoms with E-state index in [1.165, 1.54) is 70.8 Å². The van der Waals surface area contributed by atoms with Crippen LogP contribution in [0.4, 0.5) is 0 Å². The molecule has 0 amide bonds. The lowest BCUT2D eigenvalue weighted by atomic mass is 9.94. The number of nitrogens with zero attached hydrogens (tertiary/aromatic N) is 1. The van der Waals surface area contributed by atoms with Crippen LogP contribution in [0.3, 0.4) is 0 Å². The first-order chi connectivity index (χ1) is 8.20. The van der Waals surface area contributed by atoms with Crippen molar-refractivity contribution in [3.8, 4) is 0 Å². The SMILES string of the molecule is CCCCCCCC(CCCCC)CN(C)C. The predicted molar refractivity (Wildman–Crippen MR) is 79.6 cm³/mol. The van der Waals surface area contributed by atoms with Gasteiger partial charge >= 0.3 is 0 Å². The van der Waals surface area contributed by atoms with Gasteiger partial charge in [-0.05, 0) is 32.9 Å². The lowest BCUT2D eigenvalue weighted by molar-refractivity contribution is 0.287. The van der Waals surface area contributed by atoms with Crippen molar-refractivity contribution in [3.05, 3.63) is 0 Å². The Bertz CT molecular complexity index is 142. The Labute approximate surface area is 110 Å². The third-order valence-electron chi connectivity index (χ3n) is 3.56. The molecule has 0 aromatic rings. The van der Waals surface area contributed by atoms with E-state index in [0.29, 0.717) is 0 Å². The highest BCUT2D eigenvalue weighted by molar-refractivity contribution is 4.63. The number of rotatable bonds is 12. The van der Waals surface area contributed by atoms with Crippen LogP contribution in [0.5, 0.6) is 0 Å². The molecule has 0 aromatic carbocycles. The average molecular weight is 241 g/mol. The average Bonchev–Trinajstić information content (AvgIpc) is 2.28. The van der Waals surface area contributed by atoms with Crippen molar-refractivity contribution < 1.29 is 0 Å². The topological polar surface area (TPSA) is 3.24 Å². The van der Waals surface area contributed by atoms with E-state index < -0.39 is 0 Å². The Balaban J connectivity index is 3.61. The zero-order chi connectivity index (χ0) is 12.9. The van der Waals surface area contributed by atoms with Gasteiger partial charge in [-0.2, -0.15) is 0 Å². The van der Waals surface area contributed by atoms with Crippen LogP contribution >= 0.6 is 0 Å². The van der Waals surface area contributed by atoms with E-state index in [0.717, 1.165) is 5.92 Å². The van der Waals surface area contributed by atoms with Gasteiger partial charge in [0.15, 0.2) is 0 Å². The fraction of sp³-hybridized carbons (Fsp3) is 1.00. The minimum atomic E-state index is 0.943. The van der Waals surface area contributed by atoms with Gasteiger partial charge in [-0.3, -0.25) is 0 Å². The number of hydrogen-bond donors (Lipinski definition) is 0. The standard InChI is InChI=1S/C16H35N/c1-5-7-9-10-12-14-16(15-17(3)4)13-11-8-6-2/h16H,5-15H2,1-4H3. The molecule has 1 atom stereocenters. The van der Waals surface area contributed by atoms with E-state index in [-0.39, 0.29) is 0 Å².